The molecule has 19 heavy (non-hydrogen) atoms. The largest absolute Gasteiger partial charge is 0.464 e. The van der Waals surface area contributed by atoms with E-state index in [1.165, 1.54) is 24.9 Å². The normalized spacial score (nSPS) is 10.2. The Morgan fingerprint density at radius 1 is 1.32 bits per heavy atom. The number of pyridine rings is 1. The summed E-state index contributed by atoms with van der Waals surface area (Å²) >= 11 is 1.20. The molecule has 0 aliphatic rings. The lowest BCUT2D eigenvalue weighted by atomic mass is 10.3. The third kappa shape index (κ3) is 3.19. The van der Waals surface area contributed by atoms with Crippen molar-refractivity contribution in [3.63, 3.8) is 0 Å². The minimum absolute atomic E-state index is 0.200. The summed E-state index contributed by atoms with van der Waals surface area (Å²) in [5, 5.41) is 0.999. The molecule has 0 spiro atoms. The molecular weight excluding hydrogens is 264 g/mol. The average molecular weight is 276 g/mol. The minimum atomic E-state index is -0.508. The molecule has 0 radical (unpaired) electrons. The summed E-state index contributed by atoms with van der Waals surface area (Å²) in [7, 11) is 1.30. The Kier molecular flexibility index (Phi) is 3.96. The van der Waals surface area contributed by atoms with Crippen molar-refractivity contribution in [1.29, 1.82) is 0 Å². The maximum atomic E-state index is 11.4. The number of carbonyl (C=O) groups excluding carboxylic acids is 1. The summed E-state index contributed by atoms with van der Waals surface area (Å²) in [5.74, 6) is -0.508. The van der Waals surface area contributed by atoms with Crippen molar-refractivity contribution in [1.82, 2.24) is 15.0 Å². The molecule has 2 heterocycles. The van der Waals surface area contributed by atoms with Gasteiger partial charge in [0.25, 0.3) is 0 Å². The van der Waals surface area contributed by atoms with Crippen LogP contribution in [0, 0.1) is 6.92 Å². The lowest BCUT2D eigenvalue weighted by Crippen LogP contribution is -2.06. The zero-order valence-electron chi connectivity index (χ0n) is 10.5. The van der Waals surface area contributed by atoms with Gasteiger partial charge in [-0.3, -0.25) is 0 Å². The van der Waals surface area contributed by atoms with Crippen LogP contribution in [0.4, 0.5) is 5.69 Å². The monoisotopic (exact) mass is 276 g/mol. The predicted molar refractivity (Wildman–Crippen MR) is 70.9 cm³/mol. The maximum absolute atomic E-state index is 11.4. The molecule has 0 atom stereocenters. The van der Waals surface area contributed by atoms with Gasteiger partial charge in [-0.15, -0.1) is 0 Å². The van der Waals surface area contributed by atoms with Gasteiger partial charge in [0.05, 0.1) is 12.8 Å². The van der Waals surface area contributed by atoms with Gasteiger partial charge in [-0.1, -0.05) is 0 Å². The van der Waals surface area contributed by atoms with Crippen molar-refractivity contribution >= 4 is 23.4 Å². The first-order chi connectivity index (χ1) is 9.10. The summed E-state index contributed by atoms with van der Waals surface area (Å²) in [6, 6.07) is 3.12. The Balaban J connectivity index is 2.28. The fourth-order valence-corrected chi connectivity index (χ4v) is 1.98. The Labute approximate surface area is 114 Å². The molecule has 6 nitrogen and oxygen atoms in total. The molecule has 0 unspecified atom stereocenters. The minimum Gasteiger partial charge on any atom is -0.464 e. The number of nitrogens with two attached hydrogens (primary N) is 1. The molecule has 0 amide bonds. The standard InChI is InChI=1S/C12H12N4O2S/c1-7-5-14-12(15-6-7)19-10-8(13)3-4-9(16-10)11(17)18-2/h3-6H,13H2,1-2H3. The fourth-order valence-electron chi connectivity index (χ4n) is 1.27. The number of esters is 1. The van der Waals surface area contributed by atoms with Crippen LogP contribution in [0.3, 0.4) is 0 Å². The van der Waals surface area contributed by atoms with Crippen molar-refractivity contribution in [3.8, 4) is 0 Å². The van der Waals surface area contributed by atoms with Crippen molar-refractivity contribution < 1.29 is 9.53 Å². The van der Waals surface area contributed by atoms with Crippen molar-refractivity contribution in [2.75, 3.05) is 12.8 Å². The number of rotatable bonds is 3. The van der Waals surface area contributed by atoms with E-state index in [0.29, 0.717) is 15.9 Å². The van der Waals surface area contributed by atoms with E-state index in [-0.39, 0.29) is 5.69 Å². The first-order valence-corrected chi connectivity index (χ1v) is 6.23. The van der Waals surface area contributed by atoms with Crippen molar-refractivity contribution in [2.24, 2.45) is 0 Å². The summed E-state index contributed by atoms with van der Waals surface area (Å²) in [4.78, 5) is 23.9. The molecule has 0 aliphatic carbocycles. The van der Waals surface area contributed by atoms with Crippen molar-refractivity contribution in [3.05, 3.63) is 35.8 Å². The summed E-state index contributed by atoms with van der Waals surface area (Å²) < 4.78 is 4.61. The Bertz CT molecular complexity index is 601. The zero-order chi connectivity index (χ0) is 13.8. The first kappa shape index (κ1) is 13.3. The number of ether oxygens (including phenoxy) is 1. The molecular formula is C12H12N4O2S. The highest BCUT2D eigenvalue weighted by molar-refractivity contribution is 7.99. The molecule has 0 bridgehead atoms. The van der Waals surface area contributed by atoms with Crippen LogP contribution in [0.2, 0.25) is 0 Å². The van der Waals surface area contributed by atoms with Gasteiger partial charge in [0.1, 0.15) is 10.7 Å². The first-order valence-electron chi connectivity index (χ1n) is 5.41. The average Bonchev–Trinajstić information content (AvgIpc) is 2.43. The number of anilines is 1. The van der Waals surface area contributed by atoms with E-state index in [1.54, 1.807) is 18.5 Å². The van der Waals surface area contributed by atoms with Gasteiger partial charge in [0.2, 0.25) is 0 Å². The Morgan fingerprint density at radius 3 is 2.63 bits per heavy atom. The molecule has 0 saturated heterocycles. The zero-order valence-corrected chi connectivity index (χ0v) is 11.3. The van der Waals surface area contributed by atoms with Crippen LogP contribution in [0.15, 0.2) is 34.7 Å². The van der Waals surface area contributed by atoms with Gasteiger partial charge in [-0.05, 0) is 36.4 Å². The topological polar surface area (TPSA) is 91.0 Å². The molecule has 0 fully saturated rings. The van der Waals surface area contributed by atoms with Gasteiger partial charge in [-0.25, -0.2) is 19.7 Å². The smallest absolute Gasteiger partial charge is 0.356 e. The Hall–Kier alpha value is -2.15. The molecule has 7 heteroatoms. The molecule has 2 aromatic rings. The summed E-state index contributed by atoms with van der Waals surface area (Å²) in [5.41, 5.74) is 7.44. The number of hydrogen-bond acceptors (Lipinski definition) is 7. The second-order valence-electron chi connectivity index (χ2n) is 3.73. The van der Waals surface area contributed by atoms with Crippen LogP contribution in [0.5, 0.6) is 0 Å². The van der Waals surface area contributed by atoms with Crippen LogP contribution in [-0.4, -0.2) is 28.0 Å². The van der Waals surface area contributed by atoms with E-state index in [0.717, 1.165) is 5.56 Å². The van der Waals surface area contributed by atoms with E-state index in [1.807, 2.05) is 6.92 Å². The third-order valence-electron chi connectivity index (χ3n) is 2.23. The van der Waals surface area contributed by atoms with E-state index in [2.05, 4.69) is 19.7 Å². The summed E-state index contributed by atoms with van der Waals surface area (Å²) in [6.45, 7) is 1.90. The van der Waals surface area contributed by atoms with Crippen molar-refractivity contribution in [2.45, 2.75) is 17.1 Å². The lowest BCUT2D eigenvalue weighted by molar-refractivity contribution is 0.0593. The number of nitrogens with zero attached hydrogens (tertiary/aromatic N) is 3. The summed E-state index contributed by atoms with van der Waals surface area (Å²) in [6.07, 6.45) is 3.41. The molecule has 2 aromatic heterocycles. The number of methoxy groups -OCH3 is 1. The molecule has 0 aromatic carbocycles. The van der Waals surface area contributed by atoms with Crippen LogP contribution < -0.4 is 5.73 Å². The van der Waals surface area contributed by atoms with Gasteiger partial charge >= 0.3 is 5.97 Å². The predicted octanol–water partition coefficient (Wildman–Crippen LogP) is 1.70. The highest BCUT2D eigenvalue weighted by Crippen LogP contribution is 2.27. The van der Waals surface area contributed by atoms with Gasteiger partial charge < -0.3 is 10.5 Å². The fraction of sp³-hybridized carbons (Fsp3) is 0.167. The van der Waals surface area contributed by atoms with Gasteiger partial charge in [0, 0.05) is 12.4 Å². The number of aromatic nitrogens is 3. The number of hydrogen-bond donors (Lipinski definition) is 1. The number of nitrogen functional groups attached to an aromatic ring is 1. The maximum Gasteiger partial charge on any atom is 0.356 e. The molecule has 0 aliphatic heterocycles. The highest BCUT2D eigenvalue weighted by atomic mass is 32.2. The molecule has 0 saturated carbocycles. The van der Waals surface area contributed by atoms with Crippen LogP contribution in [0.25, 0.3) is 0 Å². The van der Waals surface area contributed by atoms with Crippen LogP contribution >= 0.6 is 11.8 Å². The molecule has 2 N–H and O–H groups in total. The van der Waals surface area contributed by atoms with Gasteiger partial charge in [0.15, 0.2) is 5.16 Å². The van der Waals surface area contributed by atoms with E-state index >= 15 is 0 Å². The van der Waals surface area contributed by atoms with Crippen LogP contribution in [-0.2, 0) is 4.74 Å². The lowest BCUT2D eigenvalue weighted by Gasteiger charge is -2.05. The second-order valence-corrected chi connectivity index (χ2v) is 4.68. The van der Waals surface area contributed by atoms with Gasteiger partial charge in [-0.2, -0.15) is 0 Å². The quantitative estimate of drug-likeness (QED) is 0.673. The Morgan fingerprint density at radius 2 is 2.00 bits per heavy atom. The van der Waals surface area contributed by atoms with Crippen LogP contribution in [0.1, 0.15) is 16.1 Å². The second kappa shape index (κ2) is 5.66. The van der Waals surface area contributed by atoms with E-state index in [4.69, 9.17) is 5.73 Å². The SMILES string of the molecule is COC(=O)c1ccc(N)c(Sc2ncc(C)cn2)n1. The molecule has 2 rings (SSSR count). The molecule has 98 valence electrons. The van der Waals surface area contributed by atoms with E-state index < -0.39 is 5.97 Å². The highest BCUT2D eigenvalue weighted by Gasteiger charge is 2.12. The number of aryl methyl sites for hydroxylation is 1. The number of carbonyl (C=O) groups is 1. The third-order valence-corrected chi connectivity index (χ3v) is 3.14. The van der Waals surface area contributed by atoms with E-state index in [9.17, 15) is 4.79 Å².